The van der Waals surface area contributed by atoms with Crippen LogP contribution in [0.4, 0.5) is 10.3 Å². The Balaban J connectivity index is 1.89. The molecule has 0 aliphatic carbocycles. The van der Waals surface area contributed by atoms with Crippen LogP contribution in [0.2, 0.25) is 0 Å². The van der Waals surface area contributed by atoms with Gasteiger partial charge in [-0.05, 0) is 12.8 Å². The average molecular weight is 282 g/mol. The molecule has 0 aromatic carbocycles. The van der Waals surface area contributed by atoms with E-state index in [2.05, 4.69) is 9.97 Å². The largest absolute Gasteiger partial charge is 0.486 e. The van der Waals surface area contributed by atoms with Gasteiger partial charge in [-0.15, -0.1) is 0 Å². The van der Waals surface area contributed by atoms with E-state index in [0.29, 0.717) is 23.6 Å². The highest BCUT2D eigenvalue weighted by Crippen LogP contribution is 2.17. The highest BCUT2D eigenvalue weighted by Gasteiger charge is 2.18. The van der Waals surface area contributed by atoms with Crippen LogP contribution in [-0.2, 0) is 0 Å². The second-order valence-electron chi connectivity index (χ2n) is 4.70. The van der Waals surface area contributed by atoms with Gasteiger partial charge in [0, 0.05) is 25.2 Å². The summed E-state index contributed by atoms with van der Waals surface area (Å²) in [5, 5.41) is 9.45. The van der Waals surface area contributed by atoms with Crippen LogP contribution in [-0.4, -0.2) is 47.4 Å². The van der Waals surface area contributed by atoms with Gasteiger partial charge in [-0.25, -0.2) is 14.4 Å². The molecule has 1 aliphatic rings. The number of hydrogen-bond acceptors (Lipinski definition) is 6. The number of nitrogens with two attached hydrogens (primary N) is 1. The lowest BCUT2D eigenvalue weighted by molar-refractivity contribution is 0.145. The summed E-state index contributed by atoms with van der Waals surface area (Å²) in [6, 6.07) is 0. The van der Waals surface area contributed by atoms with Gasteiger partial charge in [-0.2, -0.15) is 0 Å². The third kappa shape index (κ3) is 3.88. The summed E-state index contributed by atoms with van der Waals surface area (Å²) in [4.78, 5) is 10.5. The van der Waals surface area contributed by atoms with Crippen molar-refractivity contribution in [1.82, 2.24) is 9.97 Å². The number of ether oxygens (including phenoxy) is 1. The maximum absolute atomic E-state index is 12.3. The molecule has 0 saturated carbocycles. The lowest BCUT2D eigenvalue weighted by atomic mass is 10.1. The van der Waals surface area contributed by atoms with E-state index in [4.69, 9.17) is 10.5 Å². The van der Waals surface area contributed by atoms with E-state index in [1.165, 1.54) is 0 Å². The van der Waals surface area contributed by atoms with Gasteiger partial charge in [0.15, 0.2) is 5.75 Å². The summed E-state index contributed by atoms with van der Waals surface area (Å²) >= 11 is 0. The van der Waals surface area contributed by atoms with Crippen molar-refractivity contribution in [2.75, 3.05) is 31.1 Å². The quantitative estimate of drug-likeness (QED) is 0.824. The van der Waals surface area contributed by atoms with Crippen molar-refractivity contribution in [2.24, 2.45) is 5.73 Å². The van der Waals surface area contributed by atoms with E-state index in [1.54, 1.807) is 12.4 Å². The molecule has 1 aromatic rings. The Morgan fingerprint density at radius 1 is 1.45 bits per heavy atom. The predicted octanol–water partition coefficient (Wildman–Crippen LogP) is 0.629. The molecule has 110 valence electrons. The van der Waals surface area contributed by atoms with E-state index in [-0.39, 0.29) is 19.3 Å². The number of aromatic nitrogens is 2. The van der Waals surface area contributed by atoms with Crippen LogP contribution in [0, 0.1) is 0 Å². The number of aliphatic hydroxyl groups is 1. The minimum atomic E-state index is -0.226. The molecule has 7 heteroatoms. The number of aliphatic hydroxyl groups excluding tert-OH is 1. The van der Waals surface area contributed by atoms with Gasteiger partial charge in [0.1, 0.15) is 6.61 Å². The van der Waals surface area contributed by atoms with E-state index in [1.807, 2.05) is 4.90 Å². The van der Waals surface area contributed by atoms with Gasteiger partial charge in [-0.3, -0.25) is 0 Å². The smallest absolute Gasteiger partial charge is 0.225 e. The molecule has 2 rings (SSSR count). The van der Waals surface area contributed by atoms with Gasteiger partial charge in [0.05, 0.1) is 24.8 Å². The standard InChI is InChI=1S/C13H19FN4O2/c14-5-10(6-15)9-20-12-7-16-13(17-8-12)18-3-1-11(19)2-4-18/h5,7-8,11,19H,1-4,6,9,15H2/b10-5-. The van der Waals surface area contributed by atoms with Gasteiger partial charge in [-0.1, -0.05) is 0 Å². The summed E-state index contributed by atoms with van der Waals surface area (Å²) < 4.78 is 17.7. The Morgan fingerprint density at radius 3 is 2.65 bits per heavy atom. The normalized spacial score (nSPS) is 17.4. The molecule has 1 fully saturated rings. The van der Waals surface area contributed by atoms with Crippen molar-refractivity contribution in [1.29, 1.82) is 0 Å². The van der Waals surface area contributed by atoms with Crippen LogP contribution in [0.25, 0.3) is 0 Å². The molecule has 3 N–H and O–H groups in total. The first kappa shape index (κ1) is 14.7. The van der Waals surface area contributed by atoms with E-state index in [9.17, 15) is 9.50 Å². The number of rotatable bonds is 5. The van der Waals surface area contributed by atoms with Crippen molar-refractivity contribution in [3.8, 4) is 5.75 Å². The molecule has 0 amide bonds. The lowest BCUT2D eigenvalue weighted by Gasteiger charge is -2.29. The van der Waals surface area contributed by atoms with Crippen molar-refractivity contribution >= 4 is 5.95 Å². The third-order valence-corrected chi connectivity index (χ3v) is 3.20. The molecule has 0 unspecified atom stereocenters. The molecular weight excluding hydrogens is 263 g/mol. The molecule has 1 aliphatic heterocycles. The minimum Gasteiger partial charge on any atom is -0.486 e. The Hall–Kier alpha value is -1.73. The zero-order chi connectivity index (χ0) is 14.4. The minimum absolute atomic E-state index is 0.0889. The lowest BCUT2D eigenvalue weighted by Crippen LogP contribution is -2.36. The molecule has 0 spiro atoms. The van der Waals surface area contributed by atoms with Crippen LogP contribution >= 0.6 is 0 Å². The van der Waals surface area contributed by atoms with E-state index in [0.717, 1.165) is 25.9 Å². The summed E-state index contributed by atoms with van der Waals surface area (Å²) in [5.74, 6) is 1.09. The Kier molecular flexibility index (Phi) is 5.25. The number of halogens is 1. The number of anilines is 1. The van der Waals surface area contributed by atoms with Gasteiger partial charge in [0.2, 0.25) is 5.95 Å². The molecule has 0 bridgehead atoms. The molecule has 2 heterocycles. The third-order valence-electron chi connectivity index (χ3n) is 3.20. The first-order valence-electron chi connectivity index (χ1n) is 6.59. The summed E-state index contributed by atoms with van der Waals surface area (Å²) in [7, 11) is 0. The Morgan fingerprint density at radius 2 is 2.10 bits per heavy atom. The van der Waals surface area contributed by atoms with E-state index >= 15 is 0 Å². The van der Waals surface area contributed by atoms with Crippen LogP contribution in [0.15, 0.2) is 24.3 Å². The Labute approximate surface area is 117 Å². The zero-order valence-corrected chi connectivity index (χ0v) is 11.2. The Bertz CT molecular complexity index is 444. The molecule has 6 nitrogen and oxygen atoms in total. The van der Waals surface area contributed by atoms with Crippen molar-refractivity contribution in [3.63, 3.8) is 0 Å². The second-order valence-corrected chi connectivity index (χ2v) is 4.70. The van der Waals surface area contributed by atoms with Crippen LogP contribution < -0.4 is 15.4 Å². The zero-order valence-electron chi connectivity index (χ0n) is 11.2. The number of hydrogen-bond donors (Lipinski definition) is 2. The van der Waals surface area contributed by atoms with Crippen LogP contribution in [0.5, 0.6) is 5.75 Å². The maximum atomic E-state index is 12.3. The monoisotopic (exact) mass is 282 g/mol. The fourth-order valence-electron chi connectivity index (χ4n) is 1.92. The summed E-state index contributed by atoms with van der Waals surface area (Å²) in [6.45, 7) is 1.68. The van der Waals surface area contributed by atoms with Gasteiger partial charge in [0.25, 0.3) is 0 Å². The highest BCUT2D eigenvalue weighted by molar-refractivity contribution is 5.32. The fraction of sp³-hybridized carbons (Fsp3) is 0.538. The molecule has 0 radical (unpaired) electrons. The second kappa shape index (κ2) is 7.16. The topological polar surface area (TPSA) is 84.5 Å². The van der Waals surface area contributed by atoms with Crippen LogP contribution in [0.3, 0.4) is 0 Å². The SMILES string of the molecule is NC/C(=C/F)COc1cnc(N2CCC(O)CC2)nc1. The fourth-order valence-corrected chi connectivity index (χ4v) is 1.92. The van der Waals surface area contributed by atoms with Gasteiger partial charge >= 0.3 is 0 Å². The van der Waals surface area contributed by atoms with E-state index < -0.39 is 0 Å². The first-order valence-corrected chi connectivity index (χ1v) is 6.59. The number of nitrogens with zero attached hydrogens (tertiary/aromatic N) is 3. The van der Waals surface area contributed by atoms with Crippen molar-refractivity contribution < 1.29 is 14.2 Å². The molecule has 20 heavy (non-hydrogen) atoms. The van der Waals surface area contributed by atoms with Crippen molar-refractivity contribution in [3.05, 3.63) is 24.3 Å². The predicted molar refractivity (Wildman–Crippen MR) is 73.2 cm³/mol. The molecular formula is C13H19FN4O2. The summed E-state index contributed by atoms with van der Waals surface area (Å²) in [6.07, 6.45) is 4.79. The molecule has 1 saturated heterocycles. The van der Waals surface area contributed by atoms with Crippen LogP contribution in [0.1, 0.15) is 12.8 Å². The van der Waals surface area contributed by atoms with Crippen molar-refractivity contribution in [2.45, 2.75) is 18.9 Å². The number of piperidine rings is 1. The highest BCUT2D eigenvalue weighted by atomic mass is 19.1. The summed E-state index contributed by atoms with van der Waals surface area (Å²) in [5.41, 5.74) is 5.71. The maximum Gasteiger partial charge on any atom is 0.225 e. The average Bonchev–Trinajstić information content (AvgIpc) is 2.50. The van der Waals surface area contributed by atoms with Gasteiger partial charge < -0.3 is 20.5 Å². The molecule has 1 aromatic heterocycles. The molecule has 0 atom stereocenters. The first-order chi connectivity index (χ1) is 9.72.